The van der Waals surface area contributed by atoms with E-state index in [2.05, 4.69) is 10.0 Å². The number of methoxy groups -OCH3 is 1. The smallest absolute Gasteiger partial charge is 0.241 e. The first-order valence-electron chi connectivity index (χ1n) is 6.94. The minimum atomic E-state index is -3.71. The van der Waals surface area contributed by atoms with Crippen molar-refractivity contribution in [1.29, 1.82) is 0 Å². The predicted molar refractivity (Wildman–Crippen MR) is 82.2 cm³/mol. The molecule has 2 atom stereocenters. The van der Waals surface area contributed by atoms with E-state index in [1.807, 2.05) is 11.9 Å². The lowest BCUT2D eigenvalue weighted by molar-refractivity contribution is -0.124. The Balaban J connectivity index is 2.21. The molecule has 22 heavy (non-hydrogen) atoms. The topological polar surface area (TPSA) is 87.7 Å². The fraction of sp³-hybridized carbons (Fsp3) is 0.500. The molecule has 1 aromatic carbocycles. The number of hydrogen-bond acceptors (Lipinski definition) is 5. The molecule has 0 aromatic heterocycles. The molecule has 7 nitrogen and oxygen atoms in total. The minimum Gasteiger partial charge on any atom is -0.497 e. The number of benzene rings is 1. The van der Waals surface area contributed by atoms with Crippen molar-refractivity contribution in [1.82, 2.24) is 14.9 Å². The number of sulfonamides is 1. The number of nitrogens with zero attached hydrogens (tertiary/aromatic N) is 1. The summed E-state index contributed by atoms with van der Waals surface area (Å²) in [5, 5.41) is 2.58. The molecule has 122 valence electrons. The third-order valence-corrected chi connectivity index (χ3v) is 5.23. The molecule has 2 N–H and O–H groups in total. The highest BCUT2D eigenvalue weighted by Gasteiger charge is 2.38. The summed E-state index contributed by atoms with van der Waals surface area (Å²) in [5.74, 6) is -0.104. The molecular formula is C14H21N3O4S. The van der Waals surface area contributed by atoms with Crippen LogP contribution in [0.4, 0.5) is 0 Å². The molecule has 1 aromatic rings. The standard InChI is InChI=1S/C14H21N3O4S/c1-15-14(18)12-8-17(2)9-13(12)16-22(19,20)11-6-4-5-10(7-11)21-3/h4-7,12-13,16H,8-9H2,1-3H3,(H,15,18)/t12-,13-/m0/s1. The summed E-state index contributed by atoms with van der Waals surface area (Å²) < 4.78 is 32.7. The molecule has 1 heterocycles. The molecule has 8 heteroatoms. The van der Waals surface area contributed by atoms with Crippen LogP contribution in [0.3, 0.4) is 0 Å². The van der Waals surface area contributed by atoms with Crippen LogP contribution in [0.5, 0.6) is 5.75 Å². The van der Waals surface area contributed by atoms with E-state index in [4.69, 9.17) is 4.74 Å². The molecule has 1 amide bonds. The van der Waals surface area contributed by atoms with Crippen molar-refractivity contribution in [3.8, 4) is 5.75 Å². The number of hydrogen-bond donors (Lipinski definition) is 2. The van der Waals surface area contributed by atoms with E-state index in [1.54, 1.807) is 19.2 Å². The molecule has 0 unspecified atom stereocenters. The van der Waals surface area contributed by atoms with Gasteiger partial charge < -0.3 is 15.0 Å². The molecule has 0 aliphatic carbocycles. The van der Waals surface area contributed by atoms with Crippen LogP contribution in [-0.2, 0) is 14.8 Å². The van der Waals surface area contributed by atoms with Gasteiger partial charge in [-0.3, -0.25) is 4.79 Å². The molecule has 0 radical (unpaired) electrons. The largest absolute Gasteiger partial charge is 0.497 e. The first-order chi connectivity index (χ1) is 10.4. The van der Waals surface area contributed by atoms with E-state index in [-0.39, 0.29) is 10.8 Å². The van der Waals surface area contributed by atoms with E-state index >= 15 is 0 Å². The summed E-state index contributed by atoms with van der Waals surface area (Å²) in [6.07, 6.45) is 0. The van der Waals surface area contributed by atoms with Gasteiger partial charge >= 0.3 is 0 Å². The summed E-state index contributed by atoms with van der Waals surface area (Å²) in [6.45, 7) is 1.01. The first-order valence-corrected chi connectivity index (χ1v) is 8.42. The Morgan fingerprint density at radius 3 is 2.73 bits per heavy atom. The Kier molecular flexibility index (Phi) is 5.05. The van der Waals surface area contributed by atoms with Crippen LogP contribution in [0.2, 0.25) is 0 Å². The number of likely N-dealkylation sites (N-methyl/N-ethyl adjacent to an activating group) is 1. The Bertz CT molecular complexity index is 647. The van der Waals surface area contributed by atoms with Crippen molar-refractivity contribution >= 4 is 15.9 Å². The second-order valence-electron chi connectivity index (χ2n) is 5.35. The number of ether oxygens (including phenoxy) is 1. The summed E-state index contributed by atoms with van der Waals surface area (Å²) in [4.78, 5) is 14.0. The highest BCUT2D eigenvalue weighted by molar-refractivity contribution is 7.89. The molecular weight excluding hydrogens is 306 g/mol. The van der Waals surface area contributed by atoms with E-state index in [1.165, 1.54) is 19.2 Å². The lowest BCUT2D eigenvalue weighted by Crippen LogP contribution is -2.45. The second kappa shape index (κ2) is 6.64. The van der Waals surface area contributed by atoms with Gasteiger partial charge in [-0.2, -0.15) is 0 Å². The number of carbonyl (C=O) groups excluding carboxylic acids is 1. The average molecular weight is 327 g/mol. The van der Waals surface area contributed by atoms with Crippen LogP contribution in [0.15, 0.2) is 29.2 Å². The van der Waals surface area contributed by atoms with Gasteiger partial charge in [0.15, 0.2) is 0 Å². The summed E-state index contributed by atoms with van der Waals surface area (Å²) in [7, 11) is 1.17. The molecule has 1 aliphatic rings. The molecule has 0 saturated carbocycles. The van der Waals surface area contributed by atoms with Crippen molar-refractivity contribution in [3.63, 3.8) is 0 Å². The molecule has 1 aliphatic heterocycles. The number of rotatable bonds is 5. The van der Waals surface area contributed by atoms with Gasteiger partial charge in [-0.25, -0.2) is 13.1 Å². The zero-order chi connectivity index (χ0) is 16.3. The number of likely N-dealkylation sites (tertiary alicyclic amines) is 1. The van der Waals surface area contributed by atoms with E-state index in [9.17, 15) is 13.2 Å². The Hall–Kier alpha value is -1.64. The van der Waals surface area contributed by atoms with E-state index in [0.29, 0.717) is 18.8 Å². The van der Waals surface area contributed by atoms with Gasteiger partial charge in [-0.05, 0) is 19.2 Å². The maximum atomic E-state index is 12.5. The van der Waals surface area contributed by atoms with E-state index in [0.717, 1.165) is 0 Å². The van der Waals surface area contributed by atoms with E-state index < -0.39 is 22.0 Å². The molecule has 2 rings (SSSR count). The first kappa shape index (κ1) is 16.7. The normalized spacial score (nSPS) is 22.5. The maximum absolute atomic E-state index is 12.5. The van der Waals surface area contributed by atoms with Crippen LogP contribution in [0, 0.1) is 5.92 Å². The fourth-order valence-corrected chi connectivity index (χ4v) is 3.91. The van der Waals surface area contributed by atoms with Crippen molar-refractivity contribution in [2.24, 2.45) is 5.92 Å². The lowest BCUT2D eigenvalue weighted by Gasteiger charge is -2.18. The number of carbonyl (C=O) groups is 1. The summed E-state index contributed by atoms with van der Waals surface area (Å²) in [6, 6.07) is 5.79. The van der Waals surface area contributed by atoms with Gasteiger partial charge in [-0.15, -0.1) is 0 Å². The Morgan fingerprint density at radius 1 is 1.36 bits per heavy atom. The minimum absolute atomic E-state index is 0.122. The van der Waals surface area contributed by atoms with Crippen LogP contribution in [-0.4, -0.2) is 59.6 Å². The SMILES string of the molecule is CNC(=O)[C@H]1CN(C)C[C@@H]1NS(=O)(=O)c1cccc(OC)c1. The van der Waals surface area contributed by atoms with Crippen LogP contribution in [0.25, 0.3) is 0 Å². The Labute approximate surface area is 130 Å². The van der Waals surface area contributed by atoms with Gasteiger partial charge in [0.1, 0.15) is 5.75 Å². The maximum Gasteiger partial charge on any atom is 0.241 e. The summed E-state index contributed by atoms with van der Waals surface area (Å²) >= 11 is 0. The molecule has 0 bridgehead atoms. The van der Waals surface area contributed by atoms with Crippen molar-refractivity contribution in [2.75, 3.05) is 34.3 Å². The lowest BCUT2D eigenvalue weighted by atomic mass is 10.0. The Morgan fingerprint density at radius 2 is 2.09 bits per heavy atom. The number of amides is 1. The zero-order valence-electron chi connectivity index (χ0n) is 12.9. The third-order valence-electron chi connectivity index (χ3n) is 3.74. The van der Waals surface area contributed by atoms with Crippen molar-refractivity contribution in [2.45, 2.75) is 10.9 Å². The van der Waals surface area contributed by atoms with Gasteiger partial charge in [0, 0.05) is 32.2 Å². The quantitative estimate of drug-likeness (QED) is 0.772. The van der Waals surface area contributed by atoms with Gasteiger partial charge in [0.25, 0.3) is 0 Å². The van der Waals surface area contributed by atoms with Crippen LogP contribution >= 0.6 is 0 Å². The van der Waals surface area contributed by atoms with Gasteiger partial charge in [0.05, 0.1) is 17.9 Å². The van der Waals surface area contributed by atoms with Crippen LogP contribution < -0.4 is 14.8 Å². The molecule has 0 spiro atoms. The van der Waals surface area contributed by atoms with Crippen molar-refractivity contribution in [3.05, 3.63) is 24.3 Å². The molecule has 1 fully saturated rings. The highest BCUT2D eigenvalue weighted by atomic mass is 32.2. The fourth-order valence-electron chi connectivity index (χ4n) is 2.61. The predicted octanol–water partition coefficient (Wildman–Crippen LogP) is -0.350. The van der Waals surface area contributed by atoms with Gasteiger partial charge in [-0.1, -0.05) is 6.07 Å². The van der Waals surface area contributed by atoms with Gasteiger partial charge in [0.2, 0.25) is 15.9 Å². The second-order valence-corrected chi connectivity index (χ2v) is 7.06. The van der Waals surface area contributed by atoms with Crippen molar-refractivity contribution < 1.29 is 17.9 Å². The monoisotopic (exact) mass is 327 g/mol. The third kappa shape index (κ3) is 3.57. The van der Waals surface area contributed by atoms with Crippen LogP contribution in [0.1, 0.15) is 0 Å². The summed E-state index contributed by atoms with van der Waals surface area (Å²) in [5.41, 5.74) is 0. The number of nitrogens with one attached hydrogen (secondary N) is 2. The zero-order valence-corrected chi connectivity index (χ0v) is 13.7. The average Bonchev–Trinajstić information content (AvgIpc) is 2.86. The highest BCUT2D eigenvalue weighted by Crippen LogP contribution is 2.21. The molecule has 1 saturated heterocycles.